The predicted molar refractivity (Wildman–Crippen MR) is 109 cm³/mol. The third kappa shape index (κ3) is 2.95. The normalized spacial score (nSPS) is 21.6. The highest BCUT2D eigenvalue weighted by Gasteiger charge is 2.43. The summed E-state index contributed by atoms with van der Waals surface area (Å²) in [6, 6.07) is 7.97. The van der Waals surface area contributed by atoms with Gasteiger partial charge in [-0.1, -0.05) is 32.0 Å². The van der Waals surface area contributed by atoms with Gasteiger partial charge >= 0.3 is 5.97 Å². The van der Waals surface area contributed by atoms with Crippen molar-refractivity contribution < 1.29 is 14.3 Å². The molecule has 0 fully saturated rings. The van der Waals surface area contributed by atoms with Crippen LogP contribution in [0.25, 0.3) is 10.9 Å². The Morgan fingerprint density at radius 2 is 2.00 bits per heavy atom. The number of aromatic amines is 1. The molecule has 0 unspecified atom stereocenters. The summed E-state index contributed by atoms with van der Waals surface area (Å²) in [6.07, 6.45) is 3.17. The highest BCUT2D eigenvalue weighted by Crippen LogP contribution is 2.48. The van der Waals surface area contributed by atoms with Gasteiger partial charge in [-0.3, -0.25) is 4.79 Å². The van der Waals surface area contributed by atoms with Gasteiger partial charge in [0, 0.05) is 40.5 Å². The smallest absolute Gasteiger partial charge is 0.336 e. The number of Topliss-reactive ketones (excluding diaryl/α,β-unsaturated/α-hetero) is 1. The molecule has 1 aliphatic heterocycles. The number of benzene rings is 1. The molecule has 2 aliphatic rings. The van der Waals surface area contributed by atoms with Gasteiger partial charge in [0.15, 0.2) is 5.78 Å². The van der Waals surface area contributed by atoms with E-state index in [1.165, 1.54) is 0 Å². The first-order chi connectivity index (χ1) is 13.3. The van der Waals surface area contributed by atoms with Crippen molar-refractivity contribution in [3.8, 4) is 0 Å². The molecule has 0 saturated carbocycles. The summed E-state index contributed by atoms with van der Waals surface area (Å²) in [5.41, 5.74) is 4.76. The maximum atomic E-state index is 13.2. The van der Waals surface area contributed by atoms with Crippen LogP contribution in [0.1, 0.15) is 52.0 Å². The molecule has 2 heterocycles. The van der Waals surface area contributed by atoms with Crippen molar-refractivity contribution >= 4 is 22.7 Å². The fourth-order valence-electron chi connectivity index (χ4n) is 4.56. The molecule has 0 radical (unpaired) electrons. The molecule has 0 bridgehead atoms. The van der Waals surface area contributed by atoms with E-state index in [0.717, 1.165) is 34.3 Å². The van der Waals surface area contributed by atoms with Crippen LogP contribution in [0.5, 0.6) is 0 Å². The molecule has 5 heteroatoms. The van der Waals surface area contributed by atoms with E-state index in [2.05, 4.69) is 24.1 Å². The van der Waals surface area contributed by atoms with E-state index in [1.807, 2.05) is 37.4 Å². The van der Waals surface area contributed by atoms with Crippen LogP contribution in [-0.4, -0.2) is 23.3 Å². The summed E-state index contributed by atoms with van der Waals surface area (Å²) in [5.74, 6) is -0.689. The third-order valence-corrected chi connectivity index (χ3v) is 5.67. The number of fused-ring (bicyclic) bond motifs is 1. The van der Waals surface area contributed by atoms with Crippen LogP contribution in [0.4, 0.5) is 0 Å². The zero-order valence-corrected chi connectivity index (χ0v) is 16.8. The SMILES string of the molecule is CCOC(=O)C1=C(C)NC2=C(C(=O)CC(C)(C)C2)[C@H]1c1c[nH]c2ccccc12. The average Bonchev–Trinajstić information content (AvgIpc) is 3.03. The van der Waals surface area contributed by atoms with Crippen molar-refractivity contribution in [2.75, 3.05) is 6.61 Å². The summed E-state index contributed by atoms with van der Waals surface area (Å²) >= 11 is 0. The Kier molecular flexibility index (Phi) is 4.41. The molecule has 2 N–H and O–H groups in total. The van der Waals surface area contributed by atoms with Gasteiger partial charge in [0.2, 0.25) is 0 Å². The van der Waals surface area contributed by atoms with Gasteiger partial charge < -0.3 is 15.0 Å². The minimum Gasteiger partial charge on any atom is -0.463 e. The summed E-state index contributed by atoms with van der Waals surface area (Å²) < 4.78 is 5.37. The standard InChI is InChI=1S/C23H26N2O3/c1-5-28-22(27)19-13(2)25-17-10-23(3,4)11-18(26)21(17)20(19)15-12-24-16-9-7-6-8-14(15)16/h6-9,12,20,24-25H,5,10-11H2,1-4H3/t20-/m0/s1. The number of ether oxygens (including phenoxy) is 1. The second-order valence-corrected chi connectivity index (χ2v) is 8.44. The maximum Gasteiger partial charge on any atom is 0.336 e. The Balaban J connectivity index is 1.94. The average molecular weight is 378 g/mol. The summed E-state index contributed by atoms with van der Waals surface area (Å²) in [7, 11) is 0. The molecule has 4 rings (SSSR count). The number of H-pyrrole nitrogens is 1. The Morgan fingerprint density at radius 1 is 1.25 bits per heavy atom. The lowest BCUT2D eigenvalue weighted by Gasteiger charge is -2.39. The van der Waals surface area contributed by atoms with Gasteiger partial charge in [0.05, 0.1) is 18.1 Å². The molecule has 0 saturated heterocycles. The number of nitrogens with one attached hydrogen (secondary N) is 2. The van der Waals surface area contributed by atoms with Gasteiger partial charge in [-0.15, -0.1) is 0 Å². The molecule has 1 atom stereocenters. The molecule has 5 nitrogen and oxygen atoms in total. The molecule has 2 aromatic rings. The topological polar surface area (TPSA) is 71.2 Å². The van der Waals surface area contributed by atoms with Crippen molar-refractivity contribution in [2.24, 2.45) is 5.41 Å². The molecule has 1 aliphatic carbocycles. The lowest BCUT2D eigenvalue weighted by atomic mass is 9.68. The lowest BCUT2D eigenvalue weighted by Crippen LogP contribution is -2.38. The van der Waals surface area contributed by atoms with Crippen molar-refractivity contribution in [2.45, 2.75) is 46.5 Å². The van der Waals surface area contributed by atoms with Crippen LogP contribution >= 0.6 is 0 Å². The van der Waals surface area contributed by atoms with Crippen LogP contribution in [0.2, 0.25) is 0 Å². The van der Waals surface area contributed by atoms with E-state index in [-0.39, 0.29) is 17.2 Å². The van der Waals surface area contributed by atoms with Crippen LogP contribution in [-0.2, 0) is 14.3 Å². The van der Waals surface area contributed by atoms with E-state index in [1.54, 1.807) is 6.92 Å². The monoisotopic (exact) mass is 378 g/mol. The summed E-state index contributed by atoms with van der Waals surface area (Å²) in [4.78, 5) is 29.4. The molecular weight excluding hydrogens is 352 g/mol. The van der Waals surface area contributed by atoms with E-state index in [0.29, 0.717) is 24.2 Å². The van der Waals surface area contributed by atoms with E-state index >= 15 is 0 Å². The summed E-state index contributed by atoms with van der Waals surface area (Å²) in [6.45, 7) is 8.20. The quantitative estimate of drug-likeness (QED) is 0.780. The van der Waals surface area contributed by atoms with E-state index in [4.69, 9.17) is 4.74 Å². The van der Waals surface area contributed by atoms with Crippen molar-refractivity contribution in [1.29, 1.82) is 0 Å². The second kappa shape index (κ2) is 6.66. The number of hydrogen-bond donors (Lipinski definition) is 2. The number of para-hydroxylation sites is 1. The molecule has 1 aromatic carbocycles. The fraction of sp³-hybridized carbons (Fsp3) is 0.391. The highest BCUT2D eigenvalue weighted by atomic mass is 16.5. The number of aromatic nitrogens is 1. The first-order valence-electron chi connectivity index (χ1n) is 9.79. The number of carbonyl (C=O) groups excluding carboxylic acids is 2. The summed E-state index contributed by atoms with van der Waals surface area (Å²) in [5, 5.41) is 4.38. The van der Waals surface area contributed by atoms with Crippen LogP contribution in [0.15, 0.2) is 53.0 Å². The number of carbonyl (C=O) groups is 2. The van der Waals surface area contributed by atoms with Gasteiger partial charge in [-0.05, 0) is 37.3 Å². The van der Waals surface area contributed by atoms with Gasteiger partial charge in [0.25, 0.3) is 0 Å². The second-order valence-electron chi connectivity index (χ2n) is 8.44. The fourth-order valence-corrected chi connectivity index (χ4v) is 4.56. The number of hydrogen-bond acceptors (Lipinski definition) is 4. The Morgan fingerprint density at radius 3 is 2.75 bits per heavy atom. The van der Waals surface area contributed by atoms with Crippen LogP contribution in [0.3, 0.4) is 0 Å². The van der Waals surface area contributed by atoms with Crippen molar-refractivity contribution in [3.63, 3.8) is 0 Å². The van der Waals surface area contributed by atoms with Gasteiger partial charge in [-0.25, -0.2) is 4.79 Å². The minimum absolute atomic E-state index is 0.100. The molecule has 1 aromatic heterocycles. The van der Waals surface area contributed by atoms with Crippen LogP contribution < -0.4 is 5.32 Å². The molecular formula is C23H26N2O3. The highest BCUT2D eigenvalue weighted by molar-refractivity contribution is 6.05. The van der Waals surface area contributed by atoms with E-state index < -0.39 is 5.92 Å². The Hall–Kier alpha value is -2.82. The number of rotatable bonds is 3. The third-order valence-electron chi connectivity index (χ3n) is 5.67. The molecule has 0 amide bonds. The lowest BCUT2D eigenvalue weighted by molar-refractivity contribution is -0.138. The van der Waals surface area contributed by atoms with Gasteiger partial charge in [-0.2, -0.15) is 0 Å². The molecule has 28 heavy (non-hydrogen) atoms. The van der Waals surface area contributed by atoms with E-state index in [9.17, 15) is 9.59 Å². The zero-order valence-electron chi connectivity index (χ0n) is 16.8. The van der Waals surface area contributed by atoms with Crippen molar-refractivity contribution in [1.82, 2.24) is 10.3 Å². The number of ketones is 1. The zero-order chi connectivity index (χ0) is 20.1. The first-order valence-corrected chi connectivity index (χ1v) is 9.79. The first kappa shape index (κ1) is 18.5. The van der Waals surface area contributed by atoms with Crippen molar-refractivity contribution in [3.05, 3.63) is 58.6 Å². The maximum absolute atomic E-state index is 13.2. The molecule has 0 spiro atoms. The van der Waals surface area contributed by atoms with Crippen LogP contribution in [0, 0.1) is 5.41 Å². The largest absolute Gasteiger partial charge is 0.463 e. The molecule has 146 valence electrons. The Bertz CT molecular complexity index is 1040. The minimum atomic E-state index is -0.421. The van der Waals surface area contributed by atoms with Gasteiger partial charge in [0.1, 0.15) is 0 Å². The number of dihydropyridines is 1. The number of esters is 1. The number of allylic oxidation sites excluding steroid dienone is 3. The Labute approximate surface area is 164 Å². The predicted octanol–water partition coefficient (Wildman–Crippen LogP) is 4.34.